The van der Waals surface area contributed by atoms with Crippen molar-refractivity contribution in [2.75, 3.05) is 0 Å². The summed E-state index contributed by atoms with van der Waals surface area (Å²) in [4.78, 5) is 15.5. The van der Waals surface area contributed by atoms with Crippen LogP contribution in [0.25, 0.3) is 5.69 Å². The molecule has 1 aliphatic rings. The van der Waals surface area contributed by atoms with E-state index in [2.05, 4.69) is 10.1 Å². The summed E-state index contributed by atoms with van der Waals surface area (Å²) < 4.78 is 15.0. The van der Waals surface area contributed by atoms with Crippen LogP contribution < -0.4 is 11.5 Å². The lowest BCUT2D eigenvalue weighted by Gasteiger charge is -2.11. The molecule has 3 rings (SSSR count). The van der Waals surface area contributed by atoms with E-state index in [1.54, 1.807) is 12.1 Å². The molecular weight excluding hydrogens is 301 g/mol. The number of hydrogen-bond donors (Lipinski definition) is 3. The molecule has 0 bridgehead atoms. The molecule has 5 N–H and O–H groups in total. The maximum Gasteiger partial charge on any atom is 0.225 e. The minimum absolute atomic E-state index is 0.101. The number of carbonyl (C=O) groups excluding carboxylic acids is 1. The number of primary amides is 1. The number of carbonyl (C=O) groups is 1. The van der Waals surface area contributed by atoms with Crippen molar-refractivity contribution >= 4 is 5.91 Å². The largest absolute Gasteiger partial charge is 0.391 e. The Morgan fingerprint density at radius 1 is 1.43 bits per heavy atom. The second-order valence-corrected chi connectivity index (χ2v) is 5.82. The van der Waals surface area contributed by atoms with Crippen molar-refractivity contribution in [1.29, 1.82) is 0 Å². The van der Waals surface area contributed by atoms with Gasteiger partial charge in [-0.2, -0.15) is 5.10 Å². The Balaban J connectivity index is 2.02. The van der Waals surface area contributed by atoms with Crippen LogP contribution in [0.3, 0.4) is 0 Å². The summed E-state index contributed by atoms with van der Waals surface area (Å²) >= 11 is 0. The highest BCUT2D eigenvalue weighted by Gasteiger charge is 2.35. The molecular formula is C15H18FN5O2. The van der Waals surface area contributed by atoms with Crippen LogP contribution in [-0.2, 0) is 11.2 Å². The number of aromatic nitrogens is 3. The molecule has 0 aliphatic heterocycles. The maximum absolute atomic E-state index is 13.5. The summed E-state index contributed by atoms with van der Waals surface area (Å²) in [5.41, 5.74) is 11.6. The fraction of sp³-hybridized carbons (Fsp3) is 0.400. The van der Waals surface area contributed by atoms with Crippen LogP contribution in [0.5, 0.6) is 0 Å². The Labute approximate surface area is 132 Å². The fourth-order valence-electron chi connectivity index (χ4n) is 2.92. The number of nitrogens with two attached hydrogens (primary N) is 2. The number of nitrogens with zero attached hydrogens (tertiary/aromatic N) is 3. The van der Waals surface area contributed by atoms with Gasteiger partial charge in [-0.25, -0.2) is 14.1 Å². The first kappa shape index (κ1) is 15.6. The molecule has 1 aromatic heterocycles. The van der Waals surface area contributed by atoms with Gasteiger partial charge in [-0.1, -0.05) is 6.07 Å². The van der Waals surface area contributed by atoms with Crippen LogP contribution >= 0.6 is 0 Å². The van der Waals surface area contributed by atoms with Crippen molar-refractivity contribution in [3.05, 3.63) is 41.7 Å². The van der Waals surface area contributed by atoms with Gasteiger partial charge in [0.2, 0.25) is 5.91 Å². The Hall–Kier alpha value is -2.32. The van der Waals surface area contributed by atoms with Gasteiger partial charge in [0.05, 0.1) is 18.2 Å². The monoisotopic (exact) mass is 319 g/mol. The third-order valence-electron chi connectivity index (χ3n) is 4.00. The quantitative estimate of drug-likeness (QED) is 0.732. The van der Waals surface area contributed by atoms with Gasteiger partial charge < -0.3 is 16.6 Å². The van der Waals surface area contributed by atoms with E-state index in [0.717, 1.165) is 0 Å². The number of rotatable bonds is 4. The van der Waals surface area contributed by atoms with Gasteiger partial charge >= 0.3 is 0 Å². The van der Waals surface area contributed by atoms with Crippen molar-refractivity contribution < 1.29 is 14.3 Å². The van der Waals surface area contributed by atoms with Gasteiger partial charge in [0, 0.05) is 12.0 Å². The minimum Gasteiger partial charge on any atom is -0.391 e. The van der Waals surface area contributed by atoms with Gasteiger partial charge in [0.15, 0.2) is 5.82 Å². The SMILES string of the molecule is NC(=O)Cc1nc([C@H]2C[C@H](N)[C@@H](O)C2)n(-c2cccc(F)c2)n1. The Bertz CT molecular complexity index is 722. The number of benzene rings is 1. The molecule has 2 aromatic rings. The molecule has 7 nitrogen and oxygen atoms in total. The summed E-state index contributed by atoms with van der Waals surface area (Å²) in [5.74, 6) is -0.234. The standard InChI is InChI=1S/C15H18FN5O2/c16-9-2-1-3-10(6-9)21-15(8-4-11(17)12(22)5-8)19-14(20-21)7-13(18)23/h1-3,6,8,11-12,22H,4-5,7,17H2,(H2,18,23)/t8-,11-,12-/m0/s1. The Kier molecular flexibility index (Phi) is 4.10. The highest BCUT2D eigenvalue weighted by molar-refractivity contribution is 5.75. The maximum atomic E-state index is 13.5. The number of amides is 1. The number of halogens is 1. The fourth-order valence-corrected chi connectivity index (χ4v) is 2.92. The summed E-state index contributed by atoms with van der Waals surface area (Å²) in [6.07, 6.45) is 0.282. The normalized spacial score (nSPS) is 24.0. The van der Waals surface area contributed by atoms with E-state index < -0.39 is 17.8 Å². The molecule has 1 fully saturated rings. The van der Waals surface area contributed by atoms with Gasteiger partial charge in [-0.05, 0) is 31.0 Å². The molecule has 0 spiro atoms. The van der Waals surface area contributed by atoms with Gasteiger partial charge in [-0.3, -0.25) is 4.79 Å². The van der Waals surface area contributed by atoms with E-state index in [9.17, 15) is 14.3 Å². The molecule has 0 saturated heterocycles. The molecule has 8 heteroatoms. The first-order chi connectivity index (χ1) is 10.9. The molecule has 1 heterocycles. The predicted molar refractivity (Wildman–Crippen MR) is 80.2 cm³/mol. The summed E-state index contributed by atoms with van der Waals surface area (Å²) in [6, 6.07) is 5.59. The lowest BCUT2D eigenvalue weighted by molar-refractivity contribution is -0.117. The van der Waals surface area contributed by atoms with Crippen molar-refractivity contribution in [3.8, 4) is 5.69 Å². The molecule has 1 saturated carbocycles. The lowest BCUT2D eigenvalue weighted by Crippen LogP contribution is -2.28. The molecule has 23 heavy (non-hydrogen) atoms. The summed E-state index contributed by atoms with van der Waals surface area (Å²) in [5, 5.41) is 14.1. The molecule has 1 aliphatic carbocycles. The van der Waals surface area contributed by atoms with Crippen molar-refractivity contribution in [1.82, 2.24) is 14.8 Å². The van der Waals surface area contributed by atoms with E-state index in [4.69, 9.17) is 11.5 Å². The van der Waals surface area contributed by atoms with Crippen LogP contribution in [0.2, 0.25) is 0 Å². The average molecular weight is 319 g/mol. The first-order valence-corrected chi connectivity index (χ1v) is 7.37. The van der Waals surface area contributed by atoms with Crippen molar-refractivity contribution in [2.45, 2.75) is 37.3 Å². The third kappa shape index (κ3) is 3.22. The lowest BCUT2D eigenvalue weighted by atomic mass is 10.1. The van der Waals surface area contributed by atoms with Crippen molar-refractivity contribution in [2.24, 2.45) is 11.5 Å². The molecule has 1 aromatic carbocycles. The average Bonchev–Trinajstić information content (AvgIpc) is 3.03. The highest BCUT2D eigenvalue weighted by Crippen LogP contribution is 2.34. The van der Waals surface area contributed by atoms with Crippen LogP contribution in [0.15, 0.2) is 24.3 Å². The minimum atomic E-state index is -0.614. The van der Waals surface area contributed by atoms with E-state index in [1.807, 2.05) is 0 Å². The molecule has 0 unspecified atom stereocenters. The second-order valence-electron chi connectivity index (χ2n) is 5.82. The van der Waals surface area contributed by atoms with E-state index in [-0.39, 0.29) is 24.2 Å². The van der Waals surface area contributed by atoms with E-state index >= 15 is 0 Å². The highest BCUT2D eigenvalue weighted by atomic mass is 19.1. The topological polar surface area (TPSA) is 120 Å². The van der Waals surface area contributed by atoms with E-state index in [1.165, 1.54) is 16.8 Å². The number of aliphatic hydroxyl groups is 1. The van der Waals surface area contributed by atoms with Crippen LogP contribution in [-0.4, -0.2) is 37.9 Å². The molecule has 122 valence electrons. The zero-order chi connectivity index (χ0) is 16.6. The van der Waals surface area contributed by atoms with Crippen LogP contribution in [0.1, 0.15) is 30.4 Å². The molecule has 0 radical (unpaired) electrons. The second kappa shape index (κ2) is 6.05. The zero-order valence-corrected chi connectivity index (χ0v) is 12.4. The Morgan fingerprint density at radius 3 is 2.83 bits per heavy atom. The number of hydrogen-bond acceptors (Lipinski definition) is 5. The summed E-state index contributed by atoms with van der Waals surface area (Å²) in [6.45, 7) is 0. The van der Waals surface area contributed by atoms with Gasteiger partial charge in [0.25, 0.3) is 0 Å². The zero-order valence-electron chi connectivity index (χ0n) is 12.4. The molecule has 3 atom stereocenters. The van der Waals surface area contributed by atoms with Crippen LogP contribution in [0, 0.1) is 5.82 Å². The summed E-state index contributed by atoms with van der Waals surface area (Å²) in [7, 11) is 0. The number of aliphatic hydroxyl groups excluding tert-OH is 1. The third-order valence-corrected chi connectivity index (χ3v) is 4.00. The smallest absolute Gasteiger partial charge is 0.225 e. The van der Waals surface area contributed by atoms with Gasteiger partial charge in [0.1, 0.15) is 11.6 Å². The Morgan fingerprint density at radius 2 is 2.22 bits per heavy atom. The molecule has 1 amide bonds. The van der Waals surface area contributed by atoms with Crippen LogP contribution in [0.4, 0.5) is 4.39 Å². The predicted octanol–water partition coefficient (Wildman–Crippen LogP) is -0.000200. The van der Waals surface area contributed by atoms with E-state index in [0.29, 0.717) is 24.4 Å². The van der Waals surface area contributed by atoms with Gasteiger partial charge in [-0.15, -0.1) is 0 Å². The first-order valence-electron chi connectivity index (χ1n) is 7.37. The van der Waals surface area contributed by atoms with Crippen molar-refractivity contribution in [3.63, 3.8) is 0 Å².